The van der Waals surface area contributed by atoms with Crippen molar-refractivity contribution in [1.29, 1.82) is 0 Å². The zero-order chi connectivity index (χ0) is 24.7. The molecule has 2 heterocycles. The Bertz CT molecular complexity index is 1360. The Balaban J connectivity index is 1.57. The first kappa shape index (κ1) is 24.0. The minimum atomic E-state index is -4.73. The molecule has 0 bridgehead atoms. The van der Waals surface area contributed by atoms with Crippen molar-refractivity contribution >= 4 is 33.2 Å². The minimum Gasteiger partial charge on any atom is -0.467 e. The highest BCUT2D eigenvalue weighted by atomic mass is 35.5. The summed E-state index contributed by atoms with van der Waals surface area (Å²) in [4.78, 5) is 14.3. The molecule has 180 valence electrons. The van der Waals surface area contributed by atoms with Gasteiger partial charge in [-0.1, -0.05) is 23.7 Å². The van der Waals surface area contributed by atoms with Gasteiger partial charge in [0.2, 0.25) is 15.9 Å². The number of hydrogen-bond acceptors (Lipinski definition) is 5. The van der Waals surface area contributed by atoms with Gasteiger partial charge in [0.25, 0.3) is 5.91 Å². The van der Waals surface area contributed by atoms with Gasteiger partial charge in [-0.05, 0) is 49.4 Å². The monoisotopic (exact) mass is 514 g/mol. The van der Waals surface area contributed by atoms with E-state index < -0.39 is 34.4 Å². The average Bonchev–Trinajstić information content (AvgIpc) is 3.42. The van der Waals surface area contributed by atoms with Crippen LogP contribution in [0.15, 0.2) is 53.4 Å². The summed E-state index contributed by atoms with van der Waals surface area (Å²) >= 11 is 6.11. The molecule has 0 saturated carbocycles. The maximum Gasteiger partial charge on any atom is 0.435 e. The van der Waals surface area contributed by atoms with E-state index in [4.69, 9.17) is 16.3 Å². The first-order valence-electron chi connectivity index (χ1n) is 9.93. The number of aromatic nitrogens is 2. The number of anilines is 1. The van der Waals surface area contributed by atoms with Crippen molar-refractivity contribution in [2.24, 2.45) is 0 Å². The molecule has 13 heteroatoms. The molecule has 0 radical (unpaired) electrons. The second-order valence-corrected chi connectivity index (χ2v) is 9.60. The minimum absolute atomic E-state index is 0.0719. The first-order valence-corrected chi connectivity index (χ1v) is 11.8. The van der Waals surface area contributed by atoms with Crippen LogP contribution in [0.4, 0.5) is 18.9 Å². The fourth-order valence-electron chi connectivity index (χ4n) is 3.54. The molecule has 1 amide bonds. The van der Waals surface area contributed by atoms with Gasteiger partial charge < -0.3 is 9.64 Å². The number of carbonyl (C=O) groups excluding carboxylic acids is 1. The Morgan fingerprint density at radius 3 is 2.59 bits per heavy atom. The SMILES string of the molecule is CNS(=O)(=O)c1ccc2c(c1)CCN2C(=O)COc1cc(C(F)(F)F)nn1-c1ccccc1Cl. The quantitative estimate of drug-likeness (QED) is 0.544. The number of halogens is 4. The van der Waals surface area contributed by atoms with Crippen LogP contribution in [-0.4, -0.2) is 44.3 Å². The van der Waals surface area contributed by atoms with Crippen LogP contribution in [0.25, 0.3) is 5.69 Å². The second kappa shape index (κ2) is 8.93. The molecular weight excluding hydrogens is 497 g/mol. The Hall–Kier alpha value is -3.09. The van der Waals surface area contributed by atoms with Crippen molar-refractivity contribution in [3.05, 3.63) is 64.8 Å². The first-order chi connectivity index (χ1) is 16.0. The fraction of sp³-hybridized carbons (Fsp3) is 0.238. The molecule has 0 unspecified atom stereocenters. The van der Waals surface area contributed by atoms with E-state index in [1.165, 1.54) is 42.3 Å². The number of carbonyl (C=O) groups is 1. The molecule has 34 heavy (non-hydrogen) atoms. The lowest BCUT2D eigenvalue weighted by Gasteiger charge is -2.18. The molecule has 3 aromatic rings. The number of nitrogens with zero attached hydrogens (tertiary/aromatic N) is 3. The van der Waals surface area contributed by atoms with Crippen molar-refractivity contribution in [3.8, 4) is 11.6 Å². The third kappa shape index (κ3) is 4.61. The van der Waals surface area contributed by atoms with Crippen LogP contribution >= 0.6 is 11.6 Å². The Morgan fingerprint density at radius 2 is 1.91 bits per heavy atom. The van der Waals surface area contributed by atoms with Crippen LogP contribution in [0, 0.1) is 0 Å². The van der Waals surface area contributed by atoms with Crippen molar-refractivity contribution in [3.63, 3.8) is 0 Å². The van der Waals surface area contributed by atoms with Crippen LogP contribution in [0.3, 0.4) is 0 Å². The van der Waals surface area contributed by atoms with Gasteiger partial charge in [0.05, 0.1) is 15.6 Å². The number of ether oxygens (including phenoxy) is 1. The summed E-state index contributed by atoms with van der Waals surface area (Å²) in [6.07, 6.45) is -4.31. The lowest BCUT2D eigenvalue weighted by molar-refractivity contribution is -0.141. The maximum absolute atomic E-state index is 13.3. The molecule has 0 fully saturated rings. The molecule has 8 nitrogen and oxygen atoms in total. The summed E-state index contributed by atoms with van der Waals surface area (Å²) in [5, 5.41) is 3.71. The van der Waals surface area contributed by atoms with Crippen molar-refractivity contribution in [2.45, 2.75) is 17.5 Å². The summed E-state index contributed by atoms with van der Waals surface area (Å²) in [7, 11) is -2.34. The molecule has 0 spiro atoms. The number of rotatable bonds is 6. The molecule has 2 aromatic carbocycles. The highest BCUT2D eigenvalue weighted by molar-refractivity contribution is 7.89. The number of nitrogens with one attached hydrogen (secondary N) is 1. The van der Waals surface area contributed by atoms with E-state index >= 15 is 0 Å². The summed E-state index contributed by atoms with van der Waals surface area (Å²) in [5.74, 6) is -0.813. The molecule has 1 aliphatic rings. The number of para-hydroxylation sites is 1. The highest BCUT2D eigenvalue weighted by Crippen LogP contribution is 2.34. The summed E-state index contributed by atoms with van der Waals surface area (Å²) < 4.78 is 72.4. The van der Waals surface area contributed by atoms with Gasteiger partial charge in [-0.3, -0.25) is 4.79 Å². The highest BCUT2D eigenvalue weighted by Gasteiger charge is 2.36. The largest absolute Gasteiger partial charge is 0.467 e. The zero-order valence-corrected chi connectivity index (χ0v) is 19.2. The Labute approximate surface area is 197 Å². The van der Waals surface area contributed by atoms with E-state index in [0.717, 1.165) is 4.68 Å². The average molecular weight is 515 g/mol. The molecule has 0 saturated heterocycles. The van der Waals surface area contributed by atoms with E-state index in [9.17, 15) is 26.4 Å². The third-order valence-electron chi connectivity index (χ3n) is 5.22. The number of amides is 1. The van der Waals surface area contributed by atoms with Gasteiger partial charge in [0.1, 0.15) is 0 Å². The molecule has 0 aliphatic carbocycles. The van der Waals surface area contributed by atoms with Gasteiger partial charge in [-0.2, -0.15) is 23.0 Å². The lowest BCUT2D eigenvalue weighted by atomic mass is 10.2. The Morgan fingerprint density at radius 1 is 1.18 bits per heavy atom. The van der Waals surface area contributed by atoms with E-state index in [2.05, 4.69) is 9.82 Å². The van der Waals surface area contributed by atoms with Crippen molar-refractivity contribution < 1.29 is 31.1 Å². The number of alkyl halides is 3. The predicted molar refractivity (Wildman–Crippen MR) is 118 cm³/mol. The predicted octanol–water partition coefficient (Wildman–Crippen LogP) is 3.42. The smallest absolute Gasteiger partial charge is 0.435 e. The van der Waals surface area contributed by atoms with E-state index in [-0.39, 0.29) is 28.0 Å². The van der Waals surface area contributed by atoms with Gasteiger partial charge in [-0.25, -0.2) is 13.1 Å². The van der Waals surface area contributed by atoms with Gasteiger partial charge in [-0.15, -0.1) is 0 Å². The molecule has 0 atom stereocenters. The molecule has 1 aliphatic heterocycles. The van der Waals surface area contributed by atoms with Gasteiger partial charge in [0, 0.05) is 18.3 Å². The number of benzene rings is 2. The topological polar surface area (TPSA) is 93.5 Å². The molecular formula is C21H18ClF3N4O4S. The van der Waals surface area contributed by atoms with E-state index in [1.807, 2.05) is 0 Å². The van der Waals surface area contributed by atoms with Gasteiger partial charge in [0.15, 0.2) is 12.3 Å². The number of fused-ring (bicyclic) bond motifs is 1. The van der Waals surface area contributed by atoms with Crippen LogP contribution in [0.5, 0.6) is 5.88 Å². The third-order valence-corrected chi connectivity index (χ3v) is 6.95. The molecule has 1 aromatic heterocycles. The van der Waals surface area contributed by atoms with Gasteiger partial charge >= 0.3 is 6.18 Å². The van der Waals surface area contributed by atoms with Crippen molar-refractivity contribution in [1.82, 2.24) is 14.5 Å². The normalized spacial score (nSPS) is 13.7. The van der Waals surface area contributed by atoms with Crippen LogP contribution in [0.2, 0.25) is 5.02 Å². The van der Waals surface area contributed by atoms with E-state index in [0.29, 0.717) is 23.7 Å². The summed E-state index contributed by atoms with van der Waals surface area (Å²) in [6, 6.07) is 11.2. The molecule has 1 N–H and O–H groups in total. The van der Waals surface area contributed by atoms with Crippen LogP contribution in [0.1, 0.15) is 11.3 Å². The lowest BCUT2D eigenvalue weighted by Crippen LogP contribution is -2.33. The zero-order valence-electron chi connectivity index (χ0n) is 17.6. The fourth-order valence-corrected chi connectivity index (χ4v) is 4.53. The second-order valence-electron chi connectivity index (χ2n) is 7.31. The maximum atomic E-state index is 13.3. The van der Waals surface area contributed by atoms with E-state index in [1.54, 1.807) is 12.1 Å². The van der Waals surface area contributed by atoms with Crippen molar-refractivity contribution in [2.75, 3.05) is 25.1 Å². The molecule has 4 rings (SSSR count). The number of hydrogen-bond donors (Lipinski definition) is 1. The van der Waals surface area contributed by atoms with Crippen LogP contribution < -0.4 is 14.4 Å². The summed E-state index contributed by atoms with van der Waals surface area (Å²) in [5.41, 5.74) is 0.135. The standard InChI is InChI=1S/C21H18ClF3N4O4S/c1-26-34(31,32)14-6-7-16-13(10-14)8-9-28(16)19(30)12-33-20-11-18(21(23,24)25)27-29(20)17-5-3-2-4-15(17)22/h2-7,10-11,26H,8-9,12H2,1H3. The van der Waals surface area contributed by atoms with Crippen LogP contribution in [-0.2, 0) is 27.4 Å². The Kier molecular flexibility index (Phi) is 6.32. The summed E-state index contributed by atoms with van der Waals surface area (Å²) in [6.45, 7) is -0.290. The number of sulfonamides is 1.